The van der Waals surface area contributed by atoms with E-state index in [1.807, 2.05) is 47.5 Å². The zero-order valence-electron chi connectivity index (χ0n) is 13.5. The van der Waals surface area contributed by atoms with Crippen molar-refractivity contribution in [3.63, 3.8) is 0 Å². The molecule has 25 heavy (non-hydrogen) atoms. The van der Waals surface area contributed by atoms with Crippen LogP contribution in [0.3, 0.4) is 0 Å². The number of hydrogen-bond donors (Lipinski definition) is 2. The minimum Gasteiger partial charge on any atom is -0.323 e. The van der Waals surface area contributed by atoms with Crippen molar-refractivity contribution in [1.29, 1.82) is 0 Å². The standard InChI is InChI=1S/C18H16N4O2S/c1-25-18-14(8-6-10-19-18)17(24)21-20-16(23)13-7-2-3-9-15(13)22-11-4-5-12-22/h2-12H,1H3,(H,20,23)(H,21,24). The van der Waals surface area contributed by atoms with Crippen molar-refractivity contribution in [3.05, 3.63) is 78.2 Å². The van der Waals surface area contributed by atoms with Gasteiger partial charge in [-0.1, -0.05) is 12.1 Å². The minimum absolute atomic E-state index is 0.396. The molecule has 0 aliphatic rings. The molecule has 6 nitrogen and oxygen atoms in total. The highest BCUT2D eigenvalue weighted by Gasteiger charge is 2.15. The third-order valence-corrected chi connectivity index (χ3v) is 4.24. The van der Waals surface area contributed by atoms with Gasteiger partial charge in [0, 0.05) is 18.6 Å². The van der Waals surface area contributed by atoms with E-state index in [0.29, 0.717) is 16.2 Å². The molecule has 2 amide bonds. The van der Waals surface area contributed by atoms with Gasteiger partial charge in [0.1, 0.15) is 5.03 Å². The number of nitrogens with one attached hydrogen (secondary N) is 2. The van der Waals surface area contributed by atoms with Crippen LogP contribution in [0.15, 0.2) is 72.1 Å². The van der Waals surface area contributed by atoms with Crippen LogP contribution in [0.2, 0.25) is 0 Å². The molecule has 1 aromatic carbocycles. The van der Waals surface area contributed by atoms with Gasteiger partial charge in [-0.3, -0.25) is 20.4 Å². The molecule has 126 valence electrons. The minimum atomic E-state index is -0.413. The monoisotopic (exact) mass is 352 g/mol. The van der Waals surface area contributed by atoms with E-state index >= 15 is 0 Å². The largest absolute Gasteiger partial charge is 0.323 e. The molecule has 0 radical (unpaired) electrons. The Balaban J connectivity index is 1.75. The maximum atomic E-state index is 12.5. The molecule has 2 N–H and O–H groups in total. The summed E-state index contributed by atoms with van der Waals surface area (Å²) in [6, 6.07) is 14.3. The topological polar surface area (TPSA) is 76.0 Å². The first kappa shape index (κ1) is 16.8. The molecular weight excluding hydrogens is 336 g/mol. The van der Waals surface area contributed by atoms with Crippen LogP contribution in [0.4, 0.5) is 0 Å². The third kappa shape index (κ3) is 3.72. The number of thioether (sulfide) groups is 1. The fourth-order valence-corrected chi connectivity index (χ4v) is 2.91. The summed E-state index contributed by atoms with van der Waals surface area (Å²) < 4.78 is 1.84. The third-order valence-electron chi connectivity index (χ3n) is 3.53. The maximum absolute atomic E-state index is 12.5. The summed E-state index contributed by atoms with van der Waals surface area (Å²) in [6.07, 6.45) is 7.16. The summed E-state index contributed by atoms with van der Waals surface area (Å²) in [6.45, 7) is 0. The molecule has 2 aromatic heterocycles. The summed E-state index contributed by atoms with van der Waals surface area (Å²) in [4.78, 5) is 28.9. The zero-order valence-corrected chi connectivity index (χ0v) is 14.3. The van der Waals surface area contributed by atoms with Crippen LogP contribution in [-0.2, 0) is 0 Å². The normalized spacial score (nSPS) is 10.3. The molecule has 0 spiro atoms. The summed E-state index contributed by atoms with van der Waals surface area (Å²) >= 11 is 1.37. The number of rotatable bonds is 4. The fraction of sp³-hybridized carbons (Fsp3) is 0.0556. The highest BCUT2D eigenvalue weighted by Crippen LogP contribution is 2.17. The number of carbonyl (C=O) groups excluding carboxylic acids is 2. The van der Waals surface area contributed by atoms with Gasteiger partial charge in [-0.15, -0.1) is 11.8 Å². The average Bonchev–Trinajstić information content (AvgIpc) is 3.20. The molecule has 0 bridgehead atoms. The van der Waals surface area contributed by atoms with Crippen molar-refractivity contribution >= 4 is 23.6 Å². The number of carbonyl (C=O) groups is 2. The van der Waals surface area contributed by atoms with Crippen LogP contribution >= 0.6 is 11.8 Å². The van der Waals surface area contributed by atoms with Crippen LogP contribution in [0, 0.1) is 0 Å². The molecule has 0 saturated carbocycles. The van der Waals surface area contributed by atoms with E-state index in [1.165, 1.54) is 11.8 Å². The van der Waals surface area contributed by atoms with Gasteiger partial charge in [0.25, 0.3) is 11.8 Å². The number of benzene rings is 1. The Kier molecular flexibility index (Phi) is 5.15. The van der Waals surface area contributed by atoms with Crippen LogP contribution in [0.25, 0.3) is 5.69 Å². The van der Waals surface area contributed by atoms with E-state index < -0.39 is 11.8 Å². The van der Waals surface area contributed by atoms with Gasteiger partial charge in [-0.25, -0.2) is 4.98 Å². The Hall–Kier alpha value is -3.06. The number of amides is 2. The lowest BCUT2D eigenvalue weighted by Gasteiger charge is -2.12. The number of hydrazine groups is 1. The van der Waals surface area contributed by atoms with Gasteiger partial charge in [-0.05, 0) is 42.7 Å². The molecular formula is C18H16N4O2S. The molecule has 0 unspecified atom stereocenters. The van der Waals surface area contributed by atoms with Crippen molar-refractivity contribution in [2.24, 2.45) is 0 Å². The summed E-state index contributed by atoms with van der Waals surface area (Å²) in [5, 5.41) is 0.599. The van der Waals surface area contributed by atoms with E-state index in [4.69, 9.17) is 0 Å². The molecule has 0 fully saturated rings. The van der Waals surface area contributed by atoms with E-state index in [2.05, 4.69) is 15.8 Å². The number of nitrogens with zero attached hydrogens (tertiary/aromatic N) is 2. The van der Waals surface area contributed by atoms with E-state index in [-0.39, 0.29) is 0 Å². The SMILES string of the molecule is CSc1ncccc1C(=O)NNC(=O)c1ccccc1-n1cccc1. The maximum Gasteiger partial charge on any atom is 0.272 e. The lowest BCUT2D eigenvalue weighted by molar-refractivity contribution is 0.0844. The van der Waals surface area contributed by atoms with Crippen molar-refractivity contribution in [2.45, 2.75) is 5.03 Å². The van der Waals surface area contributed by atoms with E-state index in [1.54, 1.807) is 30.5 Å². The lowest BCUT2D eigenvalue weighted by atomic mass is 10.1. The smallest absolute Gasteiger partial charge is 0.272 e. The molecule has 0 atom stereocenters. The molecule has 7 heteroatoms. The van der Waals surface area contributed by atoms with Crippen molar-refractivity contribution in [1.82, 2.24) is 20.4 Å². The molecule has 0 aliphatic carbocycles. The molecule has 0 saturated heterocycles. The van der Waals surface area contributed by atoms with Gasteiger partial charge in [0.05, 0.1) is 16.8 Å². The second-order valence-electron chi connectivity index (χ2n) is 5.08. The Morgan fingerprint density at radius 2 is 1.56 bits per heavy atom. The second kappa shape index (κ2) is 7.67. The van der Waals surface area contributed by atoms with Gasteiger partial charge in [0.2, 0.25) is 0 Å². The van der Waals surface area contributed by atoms with Gasteiger partial charge >= 0.3 is 0 Å². The zero-order chi connectivity index (χ0) is 17.6. The second-order valence-corrected chi connectivity index (χ2v) is 5.87. The van der Waals surface area contributed by atoms with Crippen LogP contribution < -0.4 is 10.9 Å². The van der Waals surface area contributed by atoms with E-state index in [0.717, 1.165) is 5.69 Å². The highest BCUT2D eigenvalue weighted by atomic mass is 32.2. The number of aromatic nitrogens is 2. The quantitative estimate of drug-likeness (QED) is 0.559. The summed E-state index contributed by atoms with van der Waals surface area (Å²) in [7, 11) is 0. The predicted molar refractivity (Wildman–Crippen MR) is 96.7 cm³/mol. The number of para-hydroxylation sites is 1. The first-order valence-corrected chi connectivity index (χ1v) is 8.75. The number of pyridine rings is 1. The molecule has 3 rings (SSSR count). The number of hydrogen-bond acceptors (Lipinski definition) is 4. The average molecular weight is 352 g/mol. The van der Waals surface area contributed by atoms with E-state index in [9.17, 15) is 9.59 Å². The van der Waals surface area contributed by atoms with Crippen molar-refractivity contribution in [2.75, 3.05) is 6.26 Å². The van der Waals surface area contributed by atoms with Gasteiger partial charge in [0.15, 0.2) is 0 Å². The first-order chi connectivity index (χ1) is 12.2. The van der Waals surface area contributed by atoms with Crippen molar-refractivity contribution < 1.29 is 9.59 Å². The summed E-state index contributed by atoms with van der Waals surface area (Å²) in [5.74, 6) is -0.809. The summed E-state index contributed by atoms with van der Waals surface area (Å²) in [5.41, 5.74) is 6.50. The Bertz CT molecular complexity index is 894. The Morgan fingerprint density at radius 1 is 0.920 bits per heavy atom. The highest BCUT2D eigenvalue weighted by molar-refractivity contribution is 7.98. The Morgan fingerprint density at radius 3 is 2.28 bits per heavy atom. The van der Waals surface area contributed by atoms with Crippen molar-refractivity contribution in [3.8, 4) is 5.69 Å². The van der Waals surface area contributed by atoms with Gasteiger partial charge in [-0.2, -0.15) is 0 Å². The molecule has 3 aromatic rings. The molecule has 0 aliphatic heterocycles. The predicted octanol–water partition coefficient (Wildman–Crippen LogP) is 2.67. The Labute approximate surface area is 149 Å². The first-order valence-electron chi connectivity index (χ1n) is 7.53. The lowest BCUT2D eigenvalue weighted by Crippen LogP contribution is -2.42. The molecule has 2 heterocycles. The van der Waals surface area contributed by atoms with Crippen LogP contribution in [-0.4, -0.2) is 27.6 Å². The van der Waals surface area contributed by atoms with Crippen LogP contribution in [0.1, 0.15) is 20.7 Å². The van der Waals surface area contributed by atoms with Crippen LogP contribution in [0.5, 0.6) is 0 Å². The fourth-order valence-electron chi connectivity index (χ4n) is 2.36. The van der Waals surface area contributed by atoms with Gasteiger partial charge < -0.3 is 4.57 Å².